The van der Waals surface area contributed by atoms with Gasteiger partial charge in [-0.25, -0.2) is 4.98 Å². The first-order valence-corrected chi connectivity index (χ1v) is 7.78. The molecule has 1 aromatic rings. The van der Waals surface area contributed by atoms with Crippen molar-refractivity contribution >= 4 is 11.7 Å². The fraction of sp³-hybridized carbons (Fsp3) is 0.647. The number of nitrogens with two attached hydrogens (primary N) is 1. The minimum absolute atomic E-state index is 0.0719. The van der Waals surface area contributed by atoms with E-state index in [4.69, 9.17) is 5.73 Å². The monoisotopic (exact) mass is 291 g/mol. The molecule has 118 valence electrons. The van der Waals surface area contributed by atoms with Crippen LogP contribution in [0.5, 0.6) is 0 Å². The highest BCUT2D eigenvalue weighted by Crippen LogP contribution is 2.20. The summed E-state index contributed by atoms with van der Waals surface area (Å²) >= 11 is 0. The van der Waals surface area contributed by atoms with E-state index in [-0.39, 0.29) is 11.8 Å². The summed E-state index contributed by atoms with van der Waals surface area (Å²) in [5.41, 5.74) is 7.24. The van der Waals surface area contributed by atoms with Gasteiger partial charge in [-0.05, 0) is 35.8 Å². The van der Waals surface area contributed by atoms with E-state index in [2.05, 4.69) is 38.0 Å². The van der Waals surface area contributed by atoms with Crippen LogP contribution in [0.15, 0.2) is 12.1 Å². The van der Waals surface area contributed by atoms with E-state index in [1.807, 2.05) is 19.9 Å². The summed E-state index contributed by atoms with van der Waals surface area (Å²) in [7, 11) is 0. The Morgan fingerprint density at radius 2 is 1.71 bits per heavy atom. The zero-order valence-corrected chi connectivity index (χ0v) is 14.1. The van der Waals surface area contributed by atoms with Gasteiger partial charge in [0.05, 0.1) is 0 Å². The Morgan fingerprint density at radius 1 is 1.14 bits per heavy atom. The summed E-state index contributed by atoms with van der Waals surface area (Å²) < 4.78 is 0. The predicted octanol–water partition coefficient (Wildman–Crippen LogP) is 3.45. The van der Waals surface area contributed by atoms with E-state index in [0.29, 0.717) is 35.7 Å². The highest BCUT2D eigenvalue weighted by molar-refractivity contribution is 5.94. The second-order valence-electron chi connectivity index (χ2n) is 6.72. The number of hydrogen-bond donors (Lipinski definition) is 2. The number of carbonyl (C=O) groups is 1. The zero-order chi connectivity index (χ0) is 16.2. The van der Waals surface area contributed by atoms with Gasteiger partial charge in [-0.1, -0.05) is 41.5 Å². The van der Waals surface area contributed by atoms with Crippen molar-refractivity contribution in [2.45, 2.75) is 47.5 Å². The first kappa shape index (κ1) is 17.5. The molecule has 4 heteroatoms. The number of nitrogen functional groups attached to an aromatic ring is 1. The van der Waals surface area contributed by atoms with Crippen LogP contribution in [0.25, 0.3) is 0 Å². The molecule has 0 spiro atoms. The van der Waals surface area contributed by atoms with Crippen molar-refractivity contribution in [3.05, 3.63) is 23.4 Å². The number of pyridine rings is 1. The number of aromatic nitrogens is 1. The van der Waals surface area contributed by atoms with Crippen LogP contribution in [-0.4, -0.2) is 17.4 Å². The molecule has 0 radical (unpaired) electrons. The molecule has 0 unspecified atom stereocenters. The van der Waals surface area contributed by atoms with Gasteiger partial charge in [-0.15, -0.1) is 0 Å². The van der Waals surface area contributed by atoms with E-state index >= 15 is 0 Å². The minimum atomic E-state index is -0.0719. The third-order valence-corrected chi connectivity index (χ3v) is 3.93. The number of nitrogens with one attached hydrogen (secondary N) is 1. The predicted molar refractivity (Wildman–Crippen MR) is 88.2 cm³/mol. The standard InChI is InChI=1S/C17H29N3O/c1-10(2)14(11(3)4)9-19-17(21)13-7-15(12(5)6)20-16(18)8-13/h7-8,10-12,14H,9H2,1-6H3,(H2,18,20)(H,19,21). The molecule has 0 fully saturated rings. The molecule has 0 atom stereocenters. The van der Waals surface area contributed by atoms with Crippen LogP contribution in [0, 0.1) is 17.8 Å². The molecule has 0 aliphatic heterocycles. The van der Waals surface area contributed by atoms with Crippen molar-refractivity contribution in [3.8, 4) is 0 Å². The van der Waals surface area contributed by atoms with Crippen LogP contribution >= 0.6 is 0 Å². The molecule has 3 N–H and O–H groups in total. The van der Waals surface area contributed by atoms with Crippen LogP contribution in [-0.2, 0) is 0 Å². The Kier molecular flexibility index (Phi) is 6.19. The Balaban J connectivity index is 2.80. The van der Waals surface area contributed by atoms with E-state index < -0.39 is 0 Å². The lowest BCUT2D eigenvalue weighted by Gasteiger charge is -2.25. The number of amides is 1. The SMILES string of the molecule is CC(C)c1cc(C(=O)NCC(C(C)C)C(C)C)cc(N)n1. The van der Waals surface area contributed by atoms with Crippen molar-refractivity contribution < 1.29 is 4.79 Å². The quantitative estimate of drug-likeness (QED) is 0.843. The van der Waals surface area contributed by atoms with Gasteiger partial charge in [0.2, 0.25) is 0 Å². The number of hydrogen-bond acceptors (Lipinski definition) is 3. The number of rotatable bonds is 6. The summed E-state index contributed by atoms with van der Waals surface area (Å²) in [6.45, 7) is 13.5. The third kappa shape index (κ3) is 5.03. The summed E-state index contributed by atoms with van der Waals surface area (Å²) in [6, 6.07) is 3.47. The van der Waals surface area contributed by atoms with Gasteiger partial charge >= 0.3 is 0 Å². The summed E-state index contributed by atoms with van der Waals surface area (Å²) in [5.74, 6) is 2.13. The topological polar surface area (TPSA) is 68.0 Å². The largest absolute Gasteiger partial charge is 0.384 e. The maximum atomic E-state index is 12.3. The first-order valence-electron chi connectivity index (χ1n) is 7.78. The normalized spacial score (nSPS) is 11.7. The van der Waals surface area contributed by atoms with Crippen molar-refractivity contribution in [3.63, 3.8) is 0 Å². The summed E-state index contributed by atoms with van der Waals surface area (Å²) in [6.07, 6.45) is 0. The second kappa shape index (κ2) is 7.43. The van der Waals surface area contributed by atoms with Crippen LogP contribution in [0.1, 0.15) is 63.5 Å². The molecule has 0 bridgehead atoms. The maximum absolute atomic E-state index is 12.3. The molecular formula is C17H29N3O. The van der Waals surface area contributed by atoms with Gasteiger partial charge in [0.1, 0.15) is 5.82 Å². The van der Waals surface area contributed by atoms with Crippen LogP contribution in [0.3, 0.4) is 0 Å². The van der Waals surface area contributed by atoms with Gasteiger partial charge in [0.25, 0.3) is 5.91 Å². The first-order chi connectivity index (χ1) is 9.72. The molecule has 21 heavy (non-hydrogen) atoms. The van der Waals surface area contributed by atoms with Gasteiger partial charge < -0.3 is 11.1 Å². The number of carbonyl (C=O) groups excluding carboxylic acids is 1. The molecule has 1 rings (SSSR count). The molecular weight excluding hydrogens is 262 g/mol. The smallest absolute Gasteiger partial charge is 0.251 e. The lowest BCUT2D eigenvalue weighted by Crippen LogP contribution is -2.34. The second-order valence-corrected chi connectivity index (χ2v) is 6.72. The molecule has 1 amide bonds. The fourth-order valence-corrected chi connectivity index (χ4v) is 2.55. The lowest BCUT2D eigenvalue weighted by molar-refractivity contribution is 0.0937. The number of anilines is 1. The molecule has 0 saturated heterocycles. The lowest BCUT2D eigenvalue weighted by atomic mass is 9.85. The Labute approximate surface area is 128 Å². The molecule has 0 aliphatic carbocycles. The van der Waals surface area contributed by atoms with Gasteiger partial charge in [0.15, 0.2) is 0 Å². The van der Waals surface area contributed by atoms with Gasteiger partial charge in [0, 0.05) is 17.8 Å². The average molecular weight is 291 g/mol. The minimum Gasteiger partial charge on any atom is -0.384 e. The van der Waals surface area contributed by atoms with Crippen LogP contribution < -0.4 is 11.1 Å². The molecule has 1 heterocycles. The van der Waals surface area contributed by atoms with Crippen molar-refractivity contribution in [2.75, 3.05) is 12.3 Å². The van der Waals surface area contributed by atoms with Crippen LogP contribution in [0.4, 0.5) is 5.82 Å². The summed E-state index contributed by atoms with van der Waals surface area (Å²) in [4.78, 5) is 16.6. The molecule has 0 saturated carbocycles. The van der Waals surface area contributed by atoms with Crippen LogP contribution in [0.2, 0.25) is 0 Å². The fourth-order valence-electron chi connectivity index (χ4n) is 2.55. The zero-order valence-electron chi connectivity index (χ0n) is 14.1. The molecule has 0 aliphatic rings. The highest BCUT2D eigenvalue weighted by Gasteiger charge is 2.19. The van der Waals surface area contributed by atoms with E-state index in [9.17, 15) is 4.79 Å². The van der Waals surface area contributed by atoms with Crippen molar-refractivity contribution in [1.29, 1.82) is 0 Å². The highest BCUT2D eigenvalue weighted by atomic mass is 16.1. The molecule has 1 aromatic heterocycles. The van der Waals surface area contributed by atoms with E-state index in [1.54, 1.807) is 6.07 Å². The average Bonchev–Trinajstić information content (AvgIpc) is 2.36. The van der Waals surface area contributed by atoms with Crippen molar-refractivity contribution in [2.24, 2.45) is 17.8 Å². The Hall–Kier alpha value is -1.58. The maximum Gasteiger partial charge on any atom is 0.251 e. The van der Waals surface area contributed by atoms with Gasteiger partial charge in [-0.3, -0.25) is 4.79 Å². The summed E-state index contributed by atoms with van der Waals surface area (Å²) in [5, 5.41) is 3.03. The Bertz CT molecular complexity index is 473. The molecule has 0 aromatic carbocycles. The van der Waals surface area contributed by atoms with Crippen molar-refractivity contribution in [1.82, 2.24) is 10.3 Å². The third-order valence-electron chi connectivity index (χ3n) is 3.93. The number of nitrogens with zero attached hydrogens (tertiary/aromatic N) is 1. The van der Waals surface area contributed by atoms with E-state index in [0.717, 1.165) is 5.69 Å². The van der Waals surface area contributed by atoms with Gasteiger partial charge in [-0.2, -0.15) is 0 Å². The Morgan fingerprint density at radius 3 is 2.19 bits per heavy atom. The molecule has 4 nitrogen and oxygen atoms in total. The van der Waals surface area contributed by atoms with E-state index in [1.165, 1.54) is 0 Å².